The number of Topliss-reactive ketones (excluding diaryl/α,β-unsaturated/α-hetero) is 1. The van der Waals surface area contributed by atoms with Gasteiger partial charge in [0.15, 0.2) is 23.1 Å². The number of ketones is 3. The van der Waals surface area contributed by atoms with E-state index >= 15 is 0 Å². The summed E-state index contributed by atoms with van der Waals surface area (Å²) in [6, 6.07) is 0. The molecule has 0 atom stereocenters. The van der Waals surface area contributed by atoms with Gasteiger partial charge in [0.2, 0.25) is 6.79 Å². The number of fused-ring (bicyclic) bond motifs is 3. The first-order valence-electron chi connectivity index (χ1n) is 12.0. The molecule has 2 N–H and O–H groups in total. The summed E-state index contributed by atoms with van der Waals surface area (Å²) < 4.78 is 16.9. The van der Waals surface area contributed by atoms with Gasteiger partial charge in [0.05, 0.1) is 16.8 Å². The summed E-state index contributed by atoms with van der Waals surface area (Å²) in [5.41, 5.74) is 0.805. The molecule has 0 fully saturated rings. The molecule has 204 valence electrons. The largest absolute Gasteiger partial charge is 0.505 e. The molecule has 1 amide bonds. The van der Waals surface area contributed by atoms with Crippen LogP contribution >= 0.6 is 0 Å². The van der Waals surface area contributed by atoms with E-state index in [9.17, 15) is 29.1 Å². The third kappa shape index (κ3) is 5.74. The Kier molecular flexibility index (Phi) is 8.39. The van der Waals surface area contributed by atoms with Gasteiger partial charge in [-0.15, -0.1) is 0 Å². The third-order valence-electron chi connectivity index (χ3n) is 5.98. The van der Waals surface area contributed by atoms with E-state index in [1.54, 1.807) is 6.92 Å². The fraction of sp³-hybridized carbons (Fsp3) is 0.276. The van der Waals surface area contributed by atoms with E-state index in [1.807, 2.05) is 0 Å². The molecule has 1 heterocycles. The molecule has 0 bridgehead atoms. The van der Waals surface area contributed by atoms with Gasteiger partial charge in [0.25, 0.3) is 5.91 Å². The molecule has 1 aliphatic carbocycles. The number of carbonyl (C=O) groups is 5. The van der Waals surface area contributed by atoms with Crippen molar-refractivity contribution in [3.05, 3.63) is 69.2 Å². The van der Waals surface area contributed by atoms with Crippen LogP contribution in [0.15, 0.2) is 52.5 Å². The van der Waals surface area contributed by atoms with Crippen LogP contribution in [0.2, 0.25) is 0 Å². The van der Waals surface area contributed by atoms with Crippen molar-refractivity contribution in [3.8, 4) is 11.5 Å². The first-order chi connectivity index (χ1) is 18.3. The minimum absolute atomic E-state index is 0.0338. The number of hydrogen-bond acceptors (Lipinski definition) is 9. The first kappa shape index (κ1) is 28.8. The highest BCUT2D eigenvalue weighted by Gasteiger charge is 2.41. The van der Waals surface area contributed by atoms with Crippen molar-refractivity contribution >= 4 is 40.5 Å². The molecule has 1 aromatic carbocycles. The summed E-state index contributed by atoms with van der Waals surface area (Å²) in [7, 11) is 0. The highest BCUT2D eigenvalue weighted by atomic mass is 16.7. The zero-order valence-corrected chi connectivity index (χ0v) is 22.7. The maximum atomic E-state index is 13.5. The highest BCUT2D eigenvalue weighted by molar-refractivity contribution is 6.21. The Morgan fingerprint density at radius 2 is 1.64 bits per heavy atom. The Balaban J connectivity index is 2.35. The molecule has 0 unspecified atom stereocenters. The van der Waals surface area contributed by atoms with Gasteiger partial charge in [-0.05, 0) is 59.3 Å². The van der Waals surface area contributed by atoms with E-state index in [1.165, 1.54) is 65.8 Å². The standard InChI is InChI=1S/C29H29NO9/c1-13(9-8-10-15(3)31)29(36)30-23-17(5)28(39-19(7)33)20-21(25(23)35)24(34)18(6)27-22(20)26(37-12-38-27)14(2)11-16(4)32/h8-11,35H,12H2,1-7H3,(H,30,36)/b10-8+,13-9+,14-11-. The number of hydrogen-bond donors (Lipinski definition) is 2. The molecule has 0 saturated heterocycles. The number of carbonyl (C=O) groups excluding carboxylic acids is 5. The summed E-state index contributed by atoms with van der Waals surface area (Å²) in [6.45, 7) is 9.82. The van der Waals surface area contributed by atoms with Crippen LogP contribution in [0.3, 0.4) is 0 Å². The SMILES string of the molecule is CC(=O)/C=C(/C)C1=C2C(=C(C)C(=O)c3c(O)c(NC(=O)/C(C)=C/C=C/C(C)=O)c(C)c(OC(C)=O)c32)OCO1. The minimum atomic E-state index is -0.718. The molecule has 0 saturated carbocycles. The number of ether oxygens (including phenoxy) is 3. The number of amides is 1. The molecule has 39 heavy (non-hydrogen) atoms. The Morgan fingerprint density at radius 1 is 0.974 bits per heavy atom. The first-order valence-corrected chi connectivity index (χ1v) is 12.0. The van der Waals surface area contributed by atoms with Gasteiger partial charge in [-0.1, -0.05) is 12.2 Å². The topological polar surface area (TPSA) is 145 Å². The van der Waals surface area contributed by atoms with Crippen LogP contribution in [0.1, 0.15) is 63.0 Å². The van der Waals surface area contributed by atoms with E-state index in [0.29, 0.717) is 5.57 Å². The van der Waals surface area contributed by atoms with Gasteiger partial charge in [-0.3, -0.25) is 24.0 Å². The quantitative estimate of drug-likeness (QED) is 0.171. The maximum Gasteiger partial charge on any atom is 0.308 e. The van der Waals surface area contributed by atoms with Crippen LogP contribution < -0.4 is 10.1 Å². The Bertz CT molecular complexity index is 1480. The summed E-state index contributed by atoms with van der Waals surface area (Å²) in [5, 5.41) is 13.9. The summed E-state index contributed by atoms with van der Waals surface area (Å²) >= 11 is 0. The molecular weight excluding hydrogens is 506 g/mol. The minimum Gasteiger partial charge on any atom is -0.505 e. The van der Waals surface area contributed by atoms with E-state index in [2.05, 4.69) is 5.32 Å². The lowest BCUT2D eigenvalue weighted by molar-refractivity contribution is -0.132. The lowest BCUT2D eigenvalue weighted by Gasteiger charge is -2.32. The summed E-state index contributed by atoms with van der Waals surface area (Å²) in [6.07, 6.45) is 5.45. The van der Waals surface area contributed by atoms with Crippen LogP contribution in [0, 0.1) is 6.92 Å². The van der Waals surface area contributed by atoms with Crippen molar-refractivity contribution in [1.29, 1.82) is 0 Å². The predicted molar refractivity (Wildman–Crippen MR) is 142 cm³/mol. The van der Waals surface area contributed by atoms with Gasteiger partial charge in [-0.25, -0.2) is 0 Å². The van der Waals surface area contributed by atoms with Gasteiger partial charge < -0.3 is 24.6 Å². The monoisotopic (exact) mass is 535 g/mol. The highest BCUT2D eigenvalue weighted by Crippen LogP contribution is 2.52. The lowest BCUT2D eigenvalue weighted by atomic mass is 9.81. The van der Waals surface area contributed by atoms with Crippen molar-refractivity contribution in [3.63, 3.8) is 0 Å². The van der Waals surface area contributed by atoms with Gasteiger partial charge in [-0.2, -0.15) is 0 Å². The zero-order valence-electron chi connectivity index (χ0n) is 22.7. The van der Waals surface area contributed by atoms with E-state index in [-0.39, 0.29) is 74.7 Å². The van der Waals surface area contributed by atoms with Crippen LogP contribution in [-0.2, 0) is 28.7 Å². The Hall–Kier alpha value is -4.73. The lowest BCUT2D eigenvalue weighted by Crippen LogP contribution is -2.25. The molecule has 10 nitrogen and oxygen atoms in total. The molecule has 0 aromatic heterocycles. The zero-order chi connectivity index (χ0) is 29.2. The normalized spacial score (nSPS) is 15.4. The number of benzene rings is 1. The Labute approximate surface area is 225 Å². The molecule has 0 spiro atoms. The number of phenols is 1. The molecule has 1 aromatic rings. The van der Waals surface area contributed by atoms with Gasteiger partial charge in [0, 0.05) is 29.2 Å². The molecule has 10 heteroatoms. The molecule has 2 aliphatic rings. The maximum absolute atomic E-state index is 13.5. The van der Waals surface area contributed by atoms with E-state index < -0.39 is 23.4 Å². The summed E-state index contributed by atoms with van der Waals surface area (Å²) in [4.78, 5) is 61.6. The predicted octanol–water partition coefficient (Wildman–Crippen LogP) is 4.38. The van der Waals surface area contributed by atoms with Gasteiger partial charge in [0.1, 0.15) is 17.3 Å². The number of nitrogens with one attached hydrogen (secondary N) is 1. The molecule has 0 radical (unpaired) electrons. The second-order valence-electron chi connectivity index (χ2n) is 9.13. The number of anilines is 1. The molecule has 1 aliphatic heterocycles. The van der Waals surface area contributed by atoms with Crippen molar-refractivity contribution in [2.45, 2.75) is 48.5 Å². The smallest absolute Gasteiger partial charge is 0.308 e. The molecular formula is C29H29NO9. The van der Waals surface area contributed by atoms with Crippen molar-refractivity contribution in [2.24, 2.45) is 0 Å². The number of phenolic OH excluding ortho intramolecular Hbond substituents is 1. The third-order valence-corrected chi connectivity index (χ3v) is 5.98. The van der Waals surface area contributed by atoms with E-state index in [0.717, 1.165) is 0 Å². The average molecular weight is 536 g/mol. The fourth-order valence-electron chi connectivity index (χ4n) is 4.22. The second kappa shape index (κ2) is 11.3. The summed E-state index contributed by atoms with van der Waals surface area (Å²) in [5.74, 6) is -2.69. The van der Waals surface area contributed by atoms with Crippen LogP contribution in [0.4, 0.5) is 5.69 Å². The number of allylic oxidation sites excluding steroid dienone is 7. The van der Waals surface area contributed by atoms with E-state index in [4.69, 9.17) is 14.2 Å². The van der Waals surface area contributed by atoms with Crippen LogP contribution in [0.5, 0.6) is 11.5 Å². The van der Waals surface area contributed by atoms with Crippen molar-refractivity contribution in [2.75, 3.05) is 12.1 Å². The molecule has 3 rings (SSSR count). The Morgan fingerprint density at radius 3 is 2.23 bits per heavy atom. The average Bonchev–Trinajstić information content (AvgIpc) is 2.85. The van der Waals surface area contributed by atoms with Crippen LogP contribution in [-0.4, -0.2) is 41.1 Å². The van der Waals surface area contributed by atoms with Crippen molar-refractivity contribution < 1.29 is 43.3 Å². The van der Waals surface area contributed by atoms with Crippen LogP contribution in [0.25, 0.3) is 5.57 Å². The second-order valence-corrected chi connectivity index (χ2v) is 9.13. The number of aromatic hydroxyl groups is 1. The van der Waals surface area contributed by atoms with Gasteiger partial charge >= 0.3 is 5.97 Å². The number of esters is 1. The number of rotatable bonds is 7. The fourth-order valence-corrected chi connectivity index (χ4v) is 4.22. The van der Waals surface area contributed by atoms with Crippen molar-refractivity contribution in [1.82, 2.24) is 0 Å².